The van der Waals surface area contributed by atoms with Crippen molar-refractivity contribution in [1.29, 1.82) is 5.26 Å². The Morgan fingerprint density at radius 2 is 1.93 bits per heavy atom. The molecule has 0 aromatic heterocycles. The van der Waals surface area contributed by atoms with Crippen molar-refractivity contribution in [1.82, 2.24) is 5.32 Å². The Morgan fingerprint density at radius 1 is 1.17 bits per heavy atom. The van der Waals surface area contributed by atoms with E-state index in [4.69, 9.17) is 21.4 Å². The number of halogens is 2. The van der Waals surface area contributed by atoms with Gasteiger partial charge in [0.25, 0.3) is 0 Å². The van der Waals surface area contributed by atoms with Crippen LogP contribution in [0.25, 0.3) is 11.1 Å². The van der Waals surface area contributed by atoms with Crippen LogP contribution in [0, 0.1) is 17.1 Å². The van der Waals surface area contributed by atoms with E-state index in [-0.39, 0.29) is 29.1 Å². The first-order chi connectivity index (χ1) is 14.4. The van der Waals surface area contributed by atoms with Gasteiger partial charge in [0.05, 0.1) is 18.2 Å². The van der Waals surface area contributed by atoms with E-state index in [1.807, 2.05) is 36.4 Å². The van der Waals surface area contributed by atoms with Gasteiger partial charge in [-0.15, -0.1) is 0 Å². The lowest BCUT2D eigenvalue weighted by molar-refractivity contribution is 0.0898. The van der Waals surface area contributed by atoms with E-state index < -0.39 is 17.5 Å². The molecule has 0 bridgehead atoms. The van der Waals surface area contributed by atoms with Crippen LogP contribution in [0.3, 0.4) is 0 Å². The highest BCUT2D eigenvalue weighted by Crippen LogP contribution is 2.48. The fourth-order valence-electron chi connectivity index (χ4n) is 3.87. The van der Waals surface area contributed by atoms with Crippen molar-refractivity contribution < 1.29 is 19.0 Å². The van der Waals surface area contributed by atoms with Crippen molar-refractivity contribution in [2.24, 2.45) is 0 Å². The highest BCUT2D eigenvalue weighted by Gasteiger charge is 2.43. The summed E-state index contributed by atoms with van der Waals surface area (Å²) in [7, 11) is 0. The smallest absolute Gasteiger partial charge is 0.404 e. The SMILES string of the molecule is N#Cc1cccc(F)c1-c1c(Cl)ccc2c1CC(CNC(=O)O)(c1ccccc1)O2. The molecule has 1 aliphatic rings. The van der Waals surface area contributed by atoms with Crippen LogP contribution in [0.5, 0.6) is 5.75 Å². The minimum atomic E-state index is -1.18. The number of benzene rings is 3. The summed E-state index contributed by atoms with van der Waals surface area (Å²) >= 11 is 6.47. The first-order valence-corrected chi connectivity index (χ1v) is 9.55. The van der Waals surface area contributed by atoms with Crippen LogP contribution in [0.1, 0.15) is 16.7 Å². The maximum atomic E-state index is 14.8. The second-order valence-electron chi connectivity index (χ2n) is 6.97. The average Bonchev–Trinajstić information content (AvgIpc) is 3.13. The summed E-state index contributed by atoms with van der Waals surface area (Å²) < 4.78 is 21.1. The summed E-state index contributed by atoms with van der Waals surface area (Å²) in [5.74, 6) is -0.0946. The molecule has 3 aromatic rings. The van der Waals surface area contributed by atoms with Gasteiger partial charge in [0.2, 0.25) is 0 Å². The fourth-order valence-corrected chi connectivity index (χ4v) is 4.14. The zero-order valence-corrected chi connectivity index (χ0v) is 16.4. The molecule has 4 rings (SSSR count). The molecule has 0 saturated carbocycles. The zero-order valence-electron chi connectivity index (χ0n) is 15.7. The Labute approximate surface area is 177 Å². The molecule has 1 aliphatic heterocycles. The molecule has 5 nitrogen and oxygen atoms in total. The fraction of sp³-hybridized carbons (Fsp3) is 0.130. The molecular formula is C23H16ClFN2O3. The van der Waals surface area contributed by atoms with Crippen molar-refractivity contribution in [3.05, 3.63) is 88.2 Å². The topological polar surface area (TPSA) is 82.4 Å². The number of carbonyl (C=O) groups is 1. The second-order valence-corrected chi connectivity index (χ2v) is 7.38. The Kier molecular flexibility index (Phi) is 5.06. The van der Waals surface area contributed by atoms with Crippen molar-refractivity contribution in [2.45, 2.75) is 12.0 Å². The van der Waals surface area contributed by atoms with E-state index >= 15 is 0 Å². The number of rotatable bonds is 4. The van der Waals surface area contributed by atoms with Crippen LogP contribution in [0.4, 0.5) is 9.18 Å². The molecule has 2 N–H and O–H groups in total. The maximum Gasteiger partial charge on any atom is 0.404 e. The molecule has 1 heterocycles. The molecule has 1 unspecified atom stereocenters. The molecule has 3 aromatic carbocycles. The average molecular weight is 423 g/mol. The van der Waals surface area contributed by atoms with Crippen LogP contribution in [-0.4, -0.2) is 17.7 Å². The van der Waals surface area contributed by atoms with E-state index in [0.29, 0.717) is 16.9 Å². The first-order valence-electron chi connectivity index (χ1n) is 9.17. The third kappa shape index (κ3) is 3.34. The normalized spacial score (nSPS) is 17.0. The lowest BCUT2D eigenvalue weighted by Gasteiger charge is -2.29. The number of amides is 1. The summed E-state index contributed by atoms with van der Waals surface area (Å²) in [6, 6.07) is 18.8. The highest BCUT2D eigenvalue weighted by molar-refractivity contribution is 6.33. The summed E-state index contributed by atoms with van der Waals surface area (Å²) in [6.45, 7) is -0.0134. The quantitative estimate of drug-likeness (QED) is 0.611. The molecule has 30 heavy (non-hydrogen) atoms. The number of fused-ring (bicyclic) bond motifs is 1. The van der Waals surface area contributed by atoms with Gasteiger partial charge < -0.3 is 15.2 Å². The van der Waals surface area contributed by atoms with Gasteiger partial charge in [0.15, 0.2) is 5.60 Å². The van der Waals surface area contributed by atoms with E-state index in [2.05, 4.69) is 5.32 Å². The Morgan fingerprint density at radius 3 is 2.63 bits per heavy atom. The largest absolute Gasteiger partial charge is 0.480 e. The van der Waals surface area contributed by atoms with Crippen LogP contribution < -0.4 is 10.1 Å². The van der Waals surface area contributed by atoms with Crippen LogP contribution in [-0.2, 0) is 12.0 Å². The van der Waals surface area contributed by atoms with Crippen molar-refractivity contribution in [2.75, 3.05) is 6.54 Å². The lowest BCUT2D eigenvalue weighted by atomic mass is 9.85. The van der Waals surface area contributed by atoms with Gasteiger partial charge in [0.1, 0.15) is 11.6 Å². The van der Waals surface area contributed by atoms with Gasteiger partial charge in [-0.3, -0.25) is 0 Å². The minimum Gasteiger partial charge on any atom is -0.480 e. The maximum absolute atomic E-state index is 14.8. The second kappa shape index (κ2) is 7.69. The van der Waals surface area contributed by atoms with Crippen LogP contribution >= 0.6 is 11.6 Å². The number of nitrogens with zero attached hydrogens (tertiary/aromatic N) is 1. The summed E-state index contributed by atoms with van der Waals surface area (Å²) in [5.41, 5.74) is 1.02. The van der Waals surface area contributed by atoms with Gasteiger partial charge in [-0.2, -0.15) is 5.26 Å². The number of ether oxygens (including phenoxy) is 1. The van der Waals surface area contributed by atoms with Crippen molar-refractivity contribution in [3.8, 4) is 22.9 Å². The summed E-state index contributed by atoms with van der Waals surface area (Å²) in [6.07, 6.45) is -0.925. The Hall–Kier alpha value is -3.56. The number of nitriles is 1. The number of hydrogen-bond acceptors (Lipinski definition) is 3. The van der Waals surface area contributed by atoms with E-state index in [9.17, 15) is 14.4 Å². The zero-order chi connectivity index (χ0) is 21.3. The molecule has 150 valence electrons. The third-order valence-corrected chi connectivity index (χ3v) is 5.51. The lowest BCUT2D eigenvalue weighted by Crippen LogP contribution is -2.43. The highest BCUT2D eigenvalue weighted by atomic mass is 35.5. The molecule has 7 heteroatoms. The van der Waals surface area contributed by atoms with Crippen molar-refractivity contribution >= 4 is 17.7 Å². The Balaban J connectivity index is 1.89. The minimum absolute atomic E-state index is 0.0134. The molecular weight excluding hydrogens is 407 g/mol. The molecule has 0 radical (unpaired) electrons. The van der Waals surface area contributed by atoms with Gasteiger partial charge >= 0.3 is 6.09 Å². The number of nitrogens with one attached hydrogen (secondary N) is 1. The molecule has 0 spiro atoms. The molecule has 0 saturated heterocycles. The van der Waals surface area contributed by atoms with Crippen LogP contribution in [0.2, 0.25) is 5.02 Å². The molecule has 0 fully saturated rings. The predicted octanol–water partition coefficient (Wildman–Crippen LogP) is 5.12. The van der Waals surface area contributed by atoms with Crippen LogP contribution in [0.15, 0.2) is 60.7 Å². The van der Waals surface area contributed by atoms with Gasteiger partial charge in [-0.05, 0) is 29.8 Å². The van der Waals surface area contributed by atoms with Gasteiger partial charge in [0, 0.05) is 28.1 Å². The molecule has 1 amide bonds. The third-order valence-electron chi connectivity index (χ3n) is 5.20. The Bertz CT molecular complexity index is 1180. The standard InChI is InChI=1S/C23H16ClFN2O3/c24-17-9-10-19-16(21(17)20-14(12-26)5-4-8-18(20)25)11-23(30-19,13-27-22(28)29)15-6-2-1-3-7-15/h1-10,27H,11,13H2,(H,28,29). The van der Waals surface area contributed by atoms with E-state index in [1.54, 1.807) is 12.1 Å². The number of hydrogen-bond donors (Lipinski definition) is 2. The van der Waals surface area contributed by atoms with Gasteiger partial charge in [-0.25, -0.2) is 9.18 Å². The first kappa shape index (κ1) is 19.7. The number of carboxylic acid groups (broad SMARTS) is 1. The summed E-state index contributed by atoms with van der Waals surface area (Å²) in [4.78, 5) is 11.2. The van der Waals surface area contributed by atoms with Gasteiger partial charge in [-0.1, -0.05) is 48.0 Å². The molecule has 1 atom stereocenters. The van der Waals surface area contributed by atoms with Crippen molar-refractivity contribution in [3.63, 3.8) is 0 Å². The predicted molar refractivity (Wildman–Crippen MR) is 110 cm³/mol. The molecule has 0 aliphatic carbocycles. The van der Waals surface area contributed by atoms with E-state index in [1.165, 1.54) is 18.2 Å². The monoisotopic (exact) mass is 422 g/mol. The summed E-state index contributed by atoms with van der Waals surface area (Å²) in [5, 5.41) is 21.4. The van der Waals surface area contributed by atoms with E-state index in [0.717, 1.165) is 5.56 Å².